The Morgan fingerprint density at radius 2 is 2.18 bits per heavy atom. The van der Waals surface area contributed by atoms with Crippen LogP contribution in [-0.2, 0) is 6.54 Å². The van der Waals surface area contributed by atoms with Crippen molar-refractivity contribution < 1.29 is 0 Å². The van der Waals surface area contributed by atoms with Crippen LogP contribution in [0.3, 0.4) is 0 Å². The fourth-order valence-electron chi connectivity index (χ4n) is 1.78. The van der Waals surface area contributed by atoms with Crippen molar-refractivity contribution in [3.05, 3.63) is 51.5 Å². The van der Waals surface area contributed by atoms with E-state index in [9.17, 15) is 0 Å². The lowest BCUT2D eigenvalue weighted by molar-refractivity contribution is 0.573. The minimum atomic E-state index is 0.360. The molecule has 1 aromatic heterocycles. The first-order chi connectivity index (χ1) is 8.15. The van der Waals surface area contributed by atoms with Crippen molar-refractivity contribution in [3.63, 3.8) is 0 Å². The maximum atomic E-state index is 4.35. The van der Waals surface area contributed by atoms with Gasteiger partial charge in [0.1, 0.15) is 5.01 Å². The summed E-state index contributed by atoms with van der Waals surface area (Å²) in [6, 6.07) is 8.98. The molecule has 0 amide bonds. The normalized spacial score (nSPS) is 12.6. The Balaban J connectivity index is 1.95. The van der Waals surface area contributed by atoms with Gasteiger partial charge in [0.05, 0.1) is 0 Å². The van der Waals surface area contributed by atoms with Crippen molar-refractivity contribution >= 4 is 11.3 Å². The van der Waals surface area contributed by atoms with Gasteiger partial charge in [-0.15, -0.1) is 11.3 Å². The minimum Gasteiger partial charge on any atom is -0.304 e. The standard InChI is InChI=1S/C14H18N2S/c1-10-5-4-6-13(7-10)12(3)15-9-14-16-8-11(2)17-14/h4-8,12,15H,9H2,1-3H3/t12-/m1/s1. The van der Waals surface area contributed by atoms with Gasteiger partial charge in [0.15, 0.2) is 0 Å². The van der Waals surface area contributed by atoms with Crippen LogP contribution in [-0.4, -0.2) is 4.98 Å². The third-order valence-electron chi connectivity index (χ3n) is 2.77. The van der Waals surface area contributed by atoms with Crippen LogP contribution < -0.4 is 5.32 Å². The van der Waals surface area contributed by atoms with Crippen LogP contribution in [0, 0.1) is 13.8 Å². The van der Waals surface area contributed by atoms with Crippen molar-refractivity contribution in [1.29, 1.82) is 0 Å². The summed E-state index contributed by atoms with van der Waals surface area (Å²) in [5.74, 6) is 0. The first-order valence-corrected chi connectivity index (χ1v) is 6.68. The smallest absolute Gasteiger partial charge is 0.107 e. The predicted molar refractivity (Wildman–Crippen MR) is 73.3 cm³/mol. The number of rotatable bonds is 4. The monoisotopic (exact) mass is 246 g/mol. The van der Waals surface area contributed by atoms with Gasteiger partial charge < -0.3 is 5.32 Å². The highest BCUT2D eigenvalue weighted by molar-refractivity contribution is 7.11. The Labute approximate surface area is 107 Å². The van der Waals surface area contributed by atoms with Crippen LogP contribution in [0.15, 0.2) is 30.5 Å². The van der Waals surface area contributed by atoms with Gasteiger partial charge in [0, 0.05) is 23.7 Å². The van der Waals surface area contributed by atoms with Crippen molar-refractivity contribution in [2.45, 2.75) is 33.4 Å². The third kappa shape index (κ3) is 3.38. The van der Waals surface area contributed by atoms with E-state index in [1.165, 1.54) is 16.0 Å². The van der Waals surface area contributed by atoms with E-state index < -0.39 is 0 Å². The van der Waals surface area contributed by atoms with E-state index in [-0.39, 0.29) is 0 Å². The van der Waals surface area contributed by atoms with Crippen LogP contribution in [0.4, 0.5) is 0 Å². The predicted octanol–water partition coefficient (Wildman–Crippen LogP) is 3.61. The highest BCUT2D eigenvalue weighted by Gasteiger charge is 2.06. The molecule has 17 heavy (non-hydrogen) atoms. The molecule has 3 heteroatoms. The molecule has 1 N–H and O–H groups in total. The largest absolute Gasteiger partial charge is 0.304 e. The Bertz CT molecular complexity index is 490. The zero-order valence-corrected chi connectivity index (χ0v) is 11.3. The fourth-order valence-corrected chi connectivity index (χ4v) is 2.52. The average molecular weight is 246 g/mol. The molecule has 2 rings (SSSR count). The van der Waals surface area contributed by atoms with E-state index in [0.29, 0.717) is 6.04 Å². The maximum Gasteiger partial charge on any atom is 0.107 e. The van der Waals surface area contributed by atoms with Gasteiger partial charge in [-0.25, -0.2) is 4.98 Å². The fraction of sp³-hybridized carbons (Fsp3) is 0.357. The summed E-state index contributed by atoms with van der Waals surface area (Å²) in [7, 11) is 0. The molecule has 2 aromatic rings. The van der Waals surface area contributed by atoms with Gasteiger partial charge in [-0.05, 0) is 26.3 Å². The summed E-state index contributed by atoms with van der Waals surface area (Å²) in [5, 5.41) is 4.66. The van der Waals surface area contributed by atoms with Gasteiger partial charge >= 0.3 is 0 Å². The van der Waals surface area contributed by atoms with Gasteiger partial charge in [-0.3, -0.25) is 0 Å². The SMILES string of the molecule is Cc1cccc([C@@H](C)NCc2ncc(C)s2)c1. The van der Waals surface area contributed by atoms with Crippen molar-refractivity contribution in [1.82, 2.24) is 10.3 Å². The summed E-state index contributed by atoms with van der Waals surface area (Å²) in [5.41, 5.74) is 2.64. The van der Waals surface area contributed by atoms with Crippen molar-refractivity contribution in [2.24, 2.45) is 0 Å². The molecule has 0 aliphatic heterocycles. The Hall–Kier alpha value is -1.19. The molecular formula is C14H18N2S. The lowest BCUT2D eigenvalue weighted by atomic mass is 10.1. The van der Waals surface area contributed by atoms with Crippen LogP contribution in [0.1, 0.15) is 34.0 Å². The van der Waals surface area contributed by atoms with Crippen LogP contribution in [0.25, 0.3) is 0 Å². The number of aryl methyl sites for hydroxylation is 2. The number of hydrogen-bond acceptors (Lipinski definition) is 3. The number of nitrogens with zero attached hydrogens (tertiary/aromatic N) is 1. The molecule has 0 spiro atoms. The van der Waals surface area contributed by atoms with Crippen LogP contribution >= 0.6 is 11.3 Å². The molecule has 0 unspecified atom stereocenters. The molecule has 1 aromatic carbocycles. The summed E-state index contributed by atoms with van der Waals surface area (Å²) in [6.07, 6.45) is 1.93. The number of thiazole rings is 1. The van der Waals surface area contributed by atoms with Crippen LogP contribution in [0.2, 0.25) is 0 Å². The zero-order valence-electron chi connectivity index (χ0n) is 10.5. The second-order valence-corrected chi connectivity index (χ2v) is 5.70. The molecule has 0 saturated carbocycles. The maximum absolute atomic E-state index is 4.35. The molecule has 0 saturated heterocycles. The number of hydrogen-bond donors (Lipinski definition) is 1. The first-order valence-electron chi connectivity index (χ1n) is 5.86. The summed E-state index contributed by atoms with van der Waals surface area (Å²) in [4.78, 5) is 5.62. The third-order valence-corrected chi connectivity index (χ3v) is 3.68. The first kappa shape index (κ1) is 12.3. The van der Waals surface area contributed by atoms with E-state index >= 15 is 0 Å². The average Bonchev–Trinajstić information content (AvgIpc) is 2.72. The van der Waals surface area contributed by atoms with E-state index in [0.717, 1.165) is 11.6 Å². The quantitative estimate of drug-likeness (QED) is 0.891. The Morgan fingerprint density at radius 1 is 1.35 bits per heavy atom. The second kappa shape index (κ2) is 5.43. The number of nitrogens with one attached hydrogen (secondary N) is 1. The molecule has 0 radical (unpaired) electrons. The van der Waals surface area contributed by atoms with E-state index in [1.807, 2.05) is 6.20 Å². The zero-order chi connectivity index (χ0) is 12.3. The number of benzene rings is 1. The van der Waals surface area contributed by atoms with Crippen molar-refractivity contribution in [3.8, 4) is 0 Å². The molecule has 0 aliphatic rings. The topological polar surface area (TPSA) is 24.9 Å². The molecule has 0 fully saturated rings. The van der Waals surface area contributed by atoms with Gasteiger partial charge in [-0.1, -0.05) is 29.8 Å². The summed E-state index contributed by atoms with van der Waals surface area (Å²) in [6.45, 7) is 7.24. The lowest BCUT2D eigenvalue weighted by Crippen LogP contribution is -2.17. The molecule has 1 atom stereocenters. The summed E-state index contributed by atoms with van der Waals surface area (Å²) >= 11 is 1.75. The van der Waals surface area contributed by atoms with Crippen LogP contribution in [0.5, 0.6) is 0 Å². The molecule has 0 aliphatic carbocycles. The minimum absolute atomic E-state index is 0.360. The molecule has 0 bridgehead atoms. The van der Waals surface area contributed by atoms with Crippen molar-refractivity contribution in [2.75, 3.05) is 0 Å². The number of aromatic nitrogens is 1. The van der Waals surface area contributed by atoms with Gasteiger partial charge in [0.25, 0.3) is 0 Å². The lowest BCUT2D eigenvalue weighted by Gasteiger charge is -2.13. The van der Waals surface area contributed by atoms with Gasteiger partial charge in [0.2, 0.25) is 0 Å². The van der Waals surface area contributed by atoms with E-state index in [1.54, 1.807) is 11.3 Å². The Morgan fingerprint density at radius 3 is 2.82 bits per heavy atom. The molecule has 90 valence electrons. The van der Waals surface area contributed by atoms with E-state index in [2.05, 4.69) is 55.3 Å². The highest BCUT2D eigenvalue weighted by atomic mass is 32.1. The highest BCUT2D eigenvalue weighted by Crippen LogP contribution is 2.16. The Kier molecular flexibility index (Phi) is 3.92. The van der Waals surface area contributed by atoms with E-state index in [4.69, 9.17) is 0 Å². The molecule has 1 heterocycles. The molecular weight excluding hydrogens is 228 g/mol. The van der Waals surface area contributed by atoms with Gasteiger partial charge in [-0.2, -0.15) is 0 Å². The molecule has 2 nitrogen and oxygen atoms in total. The second-order valence-electron chi connectivity index (χ2n) is 4.38. The summed E-state index contributed by atoms with van der Waals surface area (Å²) < 4.78 is 0.